The zero-order valence-corrected chi connectivity index (χ0v) is 18.1. The first-order chi connectivity index (χ1) is 14.9. The molecule has 1 heterocycles. The van der Waals surface area contributed by atoms with Gasteiger partial charge in [-0.05, 0) is 32.1 Å². The Balaban J connectivity index is 1.76. The zero-order valence-electron chi connectivity index (χ0n) is 18.1. The van der Waals surface area contributed by atoms with Crippen molar-refractivity contribution in [1.29, 1.82) is 0 Å². The number of methoxy groups -OCH3 is 3. The van der Waals surface area contributed by atoms with Crippen molar-refractivity contribution in [3.8, 4) is 17.2 Å². The van der Waals surface area contributed by atoms with Crippen molar-refractivity contribution in [2.75, 3.05) is 21.3 Å². The Morgan fingerprint density at radius 1 is 0.968 bits per heavy atom. The zero-order chi connectivity index (χ0) is 22.5. The maximum Gasteiger partial charge on any atom is 0.331 e. The Labute approximate surface area is 180 Å². The van der Waals surface area contributed by atoms with Crippen LogP contribution in [0.2, 0.25) is 0 Å². The maximum atomic E-state index is 12.9. The van der Waals surface area contributed by atoms with Crippen LogP contribution in [-0.2, 0) is 9.53 Å². The lowest BCUT2D eigenvalue weighted by Crippen LogP contribution is -2.24. The van der Waals surface area contributed by atoms with Gasteiger partial charge in [-0.2, -0.15) is 0 Å². The van der Waals surface area contributed by atoms with Gasteiger partial charge >= 0.3 is 5.97 Å². The quantitative estimate of drug-likeness (QED) is 0.330. The summed E-state index contributed by atoms with van der Waals surface area (Å²) in [5, 5.41) is 0.804. The van der Waals surface area contributed by atoms with Crippen molar-refractivity contribution in [2.24, 2.45) is 0 Å². The number of para-hydroxylation sites is 1. The molecule has 162 valence electrons. The summed E-state index contributed by atoms with van der Waals surface area (Å²) in [7, 11) is 4.56. The van der Waals surface area contributed by atoms with E-state index < -0.39 is 12.1 Å². The Morgan fingerprint density at radius 3 is 2.29 bits per heavy atom. The molecule has 2 aromatic carbocycles. The lowest BCUT2D eigenvalue weighted by atomic mass is 10.0. The molecular weight excluding hydrogens is 398 g/mol. The Hall–Kier alpha value is -3.74. The molecule has 0 saturated heterocycles. The third-order valence-corrected chi connectivity index (χ3v) is 4.94. The van der Waals surface area contributed by atoms with Gasteiger partial charge in [-0.25, -0.2) is 4.79 Å². The molecule has 1 unspecified atom stereocenters. The van der Waals surface area contributed by atoms with Gasteiger partial charge in [0.25, 0.3) is 0 Å². The van der Waals surface area contributed by atoms with Gasteiger partial charge in [0.1, 0.15) is 5.75 Å². The van der Waals surface area contributed by atoms with E-state index in [0.29, 0.717) is 28.4 Å². The first kappa shape index (κ1) is 22.0. The monoisotopic (exact) mass is 423 g/mol. The van der Waals surface area contributed by atoms with Gasteiger partial charge < -0.3 is 23.9 Å². The Bertz CT molecular complexity index is 1140. The smallest absolute Gasteiger partial charge is 0.331 e. The predicted molar refractivity (Wildman–Crippen MR) is 118 cm³/mol. The molecule has 31 heavy (non-hydrogen) atoms. The molecule has 1 aromatic heterocycles. The van der Waals surface area contributed by atoms with Crippen LogP contribution in [0.3, 0.4) is 0 Å². The summed E-state index contributed by atoms with van der Waals surface area (Å²) in [5.41, 5.74) is 2.73. The molecule has 0 amide bonds. The van der Waals surface area contributed by atoms with Crippen molar-refractivity contribution < 1.29 is 28.5 Å². The molecule has 0 aliphatic heterocycles. The summed E-state index contributed by atoms with van der Waals surface area (Å²) < 4.78 is 21.2. The van der Waals surface area contributed by atoms with Gasteiger partial charge in [0.15, 0.2) is 17.6 Å². The lowest BCUT2D eigenvalue weighted by molar-refractivity contribution is -0.140. The van der Waals surface area contributed by atoms with E-state index in [1.54, 1.807) is 19.1 Å². The number of ketones is 1. The Kier molecular flexibility index (Phi) is 6.65. The van der Waals surface area contributed by atoms with Crippen LogP contribution in [0.15, 0.2) is 42.5 Å². The number of aryl methyl sites for hydroxylation is 1. The molecule has 0 bridgehead atoms. The molecule has 7 heteroatoms. The summed E-state index contributed by atoms with van der Waals surface area (Å²) >= 11 is 0. The van der Waals surface area contributed by atoms with Crippen LogP contribution in [0.25, 0.3) is 17.0 Å². The summed E-state index contributed by atoms with van der Waals surface area (Å²) in [6.07, 6.45) is 1.84. The second-order valence-corrected chi connectivity index (χ2v) is 6.90. The van der Waals surface area contributed by atoms with Crippen LogP contribution in [0.1, 0.15) is 28.5 Å². The summed E-state index contributed by atoms with van der Waals surface area (Å²) in [6.45, 7) is 3.39. The van der Waals surface area contributed by atoms with E-state index >= 15 is 0 Å². The molecule has 1 atom stereocenters. The number of hydrogen-bond donors (Lipinski definition) is 1. The fourth-order valence-electron chi connectivity index (χ4n) is 3.41. The van der Waals surface area contributed by atoms with Gasteiger partial charge in [0.05, 0.1) is 21.3 Å². The van der Waals surface area contributed by atoms with E-state index in [2.05, 4.69) is 4.98 Å². The van der Waals surface area contributed by atoms with E-state index in [4.69, 9.17) is 18.9 Å². The SMILES string of the molecule is COc1cc(OC)c(OC)cc1/C=C/C(=O)OC(C)C(=O)c1c(C)[nH]c2ccccc12. The minimum Gasteiger partial charge on any atom is -0.496 e. The average Bonchev–Trinajstić information content (AvgIpc) is 3.11. The standard InChI is InChI=1S/C24H25NO6/c1-14-23(17-8-6-7-9-18(17)25-14)24(27)15(2)31-22(26)11-10-16-12-20(29-4)21(30-5)13-19(16)28-3/h6-13,15,25H,1-5H3/b11-10+. The van der Waals surface area contributed by atoms with Gasteiger partial charge in [0, 0.05) is 39.9 Å². The van der Waals surface area contributed by atoms with Crippen molar-refractivity contribution in [3.63, 3.8) is 0 Å². The Morgan fingerprint density at radius 2 is 1.61 bits per heavy atom. The van der Waals surface area contributed by atoms with Crippen LogP contribution in [0, 0.1) is 6.92 Å². The number of aromatic amines is 1. The molecule has 0 saturated carbocycles. The van der Waals surface area contributed by atoms with Crippen LogP contribution in [0.5, 0.6) is 17.2 Å². The largest absolute Gasteiger partial charge is 0.496 e. The summed E-state index contributed by atoms with van der Waals surface area (Å²) in [5.74, 6) is 0.595. The number of rotatable bonds is 8. The fourth-order valence-corrected chi connectivity index (χ4v) is 3.41. The number of Topliss-reactive ketones (excluding diaryl/α,β-unsaturated/α-hetero) is 1. The number of aromatic nitrogens is 1. The fraction of sp³-hybridized carbons (Fsp3) is 0.250. The minimum absolute atomic E-state index is 0.264. The number of ether oxygens (including phenoxy) is 4. The molecule has 3 rings (SSSR count). The highest BCUT2D eigenvalue weighted by Gasteiger charge is 2.23. The van der Waals surface area contributed by atoms with Gasteiger partial charge in [-0.3, -0.25) is 4.79 Å². The van der Waals surface area contributed by atoms with Gasteiger partial charge in [-0.1, -0.05) is 18.2 Å². The average molecular weight is 423 g/mol. The highest BCUT2D eigenvalue weighted by Crippen LogP contribution is 2.35. The number of fused-ring (bicyclic) bond motifs is 1. The molecule has 3 aromatic rings. The van der Waals surface area contributed by atoms with Crippen LogP contribution in [-0.4, -0.2) is 44.2 Å². The maximum absolute atomic E-state index is 12.9. The van der Waals surface area contributed by atoms with Crippen LogP contribution < -0.4 is 14.2 Å². The van der Waals surface area contributed by atoms with Gasteiger partial charge in [-0.15, -0.1) is 0 Å². The predicted octanol–water partition coefficient (Wildman–Crippen LogP) is 4.33. The van der Waals surface area contributed by atoms with Crippen LogP contribution in [0.4, 0.5) is 0 Å². The van der Waals surface area contributed by atoms with E-state index in [9.17, 15) is 9.59 Å². The van der Waals surface area contributed by atoms with Gasteiger partial charge in [0.2, 0.25) is 5.78 Å². The highest BCUT2D eigenvalue weighted by atomic mass is 16.5. The molecule has 0 radical (unpaired) electrons. The molecule has 0 fully saturated rings. The highest BCUT2D eigenvalue weighted by molar-refractivity contribution is 6.11. The first-order valence-electron chi connectivity index (χ1n) is 9.69. The number of carbonyl (C=O) groups excluding carboxylic acids is 2. The number of nitrogens with one attached hydrogen (secondary N) is 1. The summed E-state index contributed by atoms with van der Waals surface area (Å²) in [4.78, 5) is 28.5. The van der Waals surface area contributed by atoms with E-state index in [-0.39, 0.29) is 5.78 Å². The number of H-pyrrole nitrogens is 1. The molecule has 7 nitrogen and oxygen atoms in total. The minimum atomic E-state index is -0.942. The number of esters is 1. The van der Waals surface area contributed by atoms with Crippen molar-refractivity contribution in [1.82, 2.24) is 4.98 Å². The topological polar surface area (TPSA) is 86.8 Å². The van der Waals surface area contributed by atoms with Crippen molar-refractivity contribution >= 4 is 28.7 Å². The molecular formula is C24H25NO6. The summed E-state index contributed by atoms with van der Waals surface area (Å²) in [6, 6.07) is 10.9. The van der Waals surface area contributed by atoms with Crippen molar-refractivity contribution in [3.05, 3.63) is 59.3 Å². The molecule has 0 spiro atoms. The number of hydrogen-bond acceptors (Lipinski definition) is 6. The number of carbonyl (C=O) groups is 2. The second kappa shape index (κ2) is 9.38. The molecule has 0 aliphatic rings. The molecule has 1 N–H and O–H groups in total. The number of benzene rings is 2. The second-order valence-electron chi connectivity index (χ2n) is 6.90. The third kappa shape index (κ3) is 4.55. The lowest BCUT2D eigenvalue weighted by Gasteiger charge is -2.13. The van der Waals surface area contributed by atoms with E-state index in [1.807, 2.05) is 31.2 Å². The molecule has 0 aliphatic carbocycles. The normalized spacial score (nSPS) is 12.0. The van der Waals surface area contributed by atoms with Crippen molar-refractivity contribution in [2.45, 2.75) is 20.0 Å². The van der Waals surface area contributed by atoms with E-state index in [0.717, 1.165) is 16.6 Å². The van der Waals surface area contributed by atoms with Crippen LogP contribution >= 0.6 is 0 Å². The van der Waals surface area contributed by atoms with E-state index in [1.165, 1.54) is 33.5 Å². The third-order valence-electron chi connectivity index (χ3n) is 4.94. The first-order valence-corrected chi connectivity index (χ1v) is 9.69.